The van der Waals surface area contributed by atoms with Gasteiger partial charge in [0.05, 0.1) is 30.9 Å². The van der Waals surface area contributed by atoms with Crippen molar-refractivity contribution >= 4 is 27.9 Å². The first-order valence-corrected chi connectivity index (χ1v) is 11.5. The number of nitrogens with one attached hydrogen (secondary N) is 1. The summed E-state index contributed by atoms with van der Waals surface area (Å²) < 4.78 is 7.49. The van der Waals surface area contributed by atoms with E-state index in [1.807, 2.05) is 29.8 Å². The minimum absolute atomic E-state index is 0.0121. The summed E-state index contributed by atoms with van der Waals surface area (Å²) in [5.74, 6) is 2.07. The van der Waals surface area contributed by atoms with Crippen LogP contribution in [0.25, 0.3) is 16.4 Å². The minimum Gasteiger partial charge on any atom is -0.381 e. The number of imidazole rings is 1. The number of rotatable bonds is 4. The maximum Gasteiger partial charge on any atom is 0.161 e. The van der Waals surface area contributed by atoms with E-state index in [-0.39, 0.29) is 6.04 Å². The van der Waals surface area contributed by atoms with Crippen LogP contribution in [-0.4, -0.2) is 40.9 Å². The van der Waals surface area contributed by atoms with E-state index in [0.29, 0.717) is 17.4 Å². The number of nitriles is 1. The predicted octanol–water partition coefficient (Wildman–Crippen LogP) is 4.32. The summed E-state index contributed by atoms with van der Waals surface area (Å²) in [6.07, 6.45) is 3.66. The van der Waals surface area contributed by atoms with Gasteiger partial charge in [-0.3, -0.25) is 0 Å². The highest BCUT2D eigenvalue weighted by atomic mass is 16.5. The summed E-state index contributed by atoms with van der Waals surface area (Å²) in [5, 5.41) is 20.1. The van der Waals surface area contributed by atoms with Crippen LogP contribution in [0.2, 0.25) is 0 Å². The Morgan fingerprint density at radius 3 is 2.76 bits per heavy atom. The molecule has 4 aromatic rings. The molecule has 2 aromatic carbocycles. The minimum atomic E-state index is -0.0121. The van der Waals surface area contributed by atoms with Gasteiger partial charge in [0.25, 0.3) is 0 Å². The molecule has 0 amide bonds. The molecule has 33 heavy (non-hydrogen) atoms. The molecule has 0 radical (unpaired) electrons. The number of anilines is 2. The van der Waals surface area contributed by atoms with Gasteiger partial charge in [-0.05, 0) is 49.2 Å². The summed E-state index contributed by atoms with van der Waals surface area (Å²) in [6, 6.07) is 14.8. The Morgan fingerprint density at radius 1 is 1.15 bits per heavy atom. The topological polar surface area (TPSA) is 78.5 Å². The van der Waals surface area contributed by atoms with Gasteiger partial charge >= 0.3 is 0 Å². The molecular weight excluding hydrogens is 412 g/mol. The van der Waals surface area contributed by atoms with E-state index in [4.69, 9.17) is 9.84 Å². The van der Waals surface area contributed by atoms with Crippen LogP contribution in [0.5, 0.6) is 0 Å². The van der Waals surface area contributed by atoms with Gasteiger partial charge in [-0.25, -0.2) is 9.50 Å². The van der Waals surface area contributed by atoms with E-state index >= 15 is 0 Å². The van der Waals surface area contributed by atoms with E-state index in [2.05, 4.69) is 52.5 Å². The van der Waals surface area contributed by atoms with Crippen molar-refractivity contribution in [3.63, 3.8) is 0 Å². The lowest BCUT2D eigenvalue weighted by molar-refractivity contribution is 0.177. The monoisotopic (exact) mass is 438 g/mol. The SMILES string of the molecule is Cc1c(C#N)cccc1[C@@H](C)Nc1nn2ccnc2c2ccc(N3C[C@H]4COC[C@H]4C3)cc12. The number of fused-ring (bicyclic) bond motifs is 4. The van der Waals surface area contributed by atoms with Crippen molar-refractivity contribution < 1.29 is 4.74 Å². The molecule has 4 heterocycles. The Balaban J connectivity index is 1.41. The second kappa shape index (κ2) is 7.75. The summed E-state index contributed by atoms with van der Waals surface area (Å²) in [4.78, 5) is 7.02. The number of benzene rings is 2. The largest absolute Gasteiger partial charge is 0.381 e. The highest BCUT2D eigenvalue weighted by Crippen LogP contribution is 2.36. The van der Waals surface area contributed by atoms with E-state index < -0.39 is 0 Å². The molecule has 1 N–H and O–H groups in total. The molecule has 166 valence electrons. The van der Waals surface area contributed by atoms with Crippen LogP contribution in [0.1, 0.15) is 29.7 Å². The van der Waals surface area contributed by atoms with Gasteiger partial charge < -0.3 is 15.0 Å². The summed E-state index contributed by atoms with van der Waals surface area (Å²) >= 11 is 0. The summed E-state index contributed by atoms with van der Waals surface area (Å²) in [5.41, 5.74) is 4.87. The molecule has 7 nitrogen and oxygen atoms in total. The molecule has 0 spiro atoms. The lowest BCUT2D eigenvalue weighted by Gasteiger charge is -2.22. The van der Waals surface area contributed by atoms with Crippen LogP contribution >= 0.6 is 0 Å². The molecule has 2 fully saturated rings. The van der Waals surface area contributed by atoms with Crippen LogP contribution in [0, 0.1) is 30.1 Å². The number of ether oxygens (including phenoxy) is 1. The Kier molecular flexibility index (Phi) is 4.70. The molecule has 2 saturated heterocycles. The van der Waals surface area contributed by atoms with Gasteiger partial charge in [0.1, 0.15) is 0 Å². The molecule has 7 heteroatoms. The first-order valence-electron chi connectivity index (χ1n) is 11.5. The summed E-state index contributed by atoms with van der Waals surface area (Å²) in [7, 11) is 0. The maximum atomic E-state index is 9.44. The standard InChI is InChI=1S/C26H26N6O/c1-16-18(11-27)4-3-5-22(16)17(2)29-25-24-10-21(31-12-19-14-33-15-20(19)13-31)6-7-23(24)26-28-8-9-32(26)30-25/h3-10,17,19-20H,12-15H2,1-2H3,(H,29,30)/t17-,19-,20+/m1/s1. The zero-order valence-electron chi connectivity index (χ0n) is 18.8. The third-order valence-electron chi connectivity index (χ3n) is 7.25. The molecule has 6 rings (SSSR count). The fourth-order valence-corrected chi connectivity index (χ4v) is 5.38. The third-order valence-corrected chi connectivity index (χ3v) is 7.25. The Bertz CT molecular complexity index is 1390. The van der Waals surface area contributed by atoms with Crippen molar-refractivity contribution in [2.45, 2.75) is 19.9 Å². The first kappa shape index (κ1) is 20.0. The Labute approximate surface area is 192 Å². The zero-order valence-corrected chi connectivity index (χ0v) is 18.8. The Morgan fingerprint density at radius 2 is 1.97 bits per heavy atom. The van der Waals surface area contributed by atoms with Gasteiger partial charge in [0.15, 0.2) is 11.5 Å². The van der Waals surface area contributed by atoms with Gasteiger partial charge in [0, 0.05) is 53.8 Å². The van der Waals surface area contributed by atoms with Crippen LogP contribution in [0.4, 0.5) is 11.5 Å². The van der Waals surface area contributed by atoms with Crippen molar-refractivity contribution in [1.29, 1.82) is 5.26 Å². The van der Waals surface area contributed by atoms with Crippen molar-refractivity contribution in [3.8, 4) is 6.07 Å². The third kappa shape index (κ3) is 3.30. The maximum absolute atomic E-state index is 9.44. The number of hydrogen-bond acceptors (Lipinski definition) is 6. The van der Waals surface area contributed by atoms with Crippen LogP contribution in [0.15, 0.2) is 48.8 Å². The molecule has 0 saturated carbocycles. The van der Waals surface area contributed by atoms with Crippen LogP contribution in [0.3, 0.4) is 0 Å². The lowest BCUT2D eigenvalue weighted by Crippen LogP contribution is -2.22. The molecule has 0 bridgehead atoms. The number of aromatic nitrogens is 3. The Hall–Kier alpha value is -3.63. The van der Waals surface area contributed by atoms with Gasteiger partial charge in [0.2, 0.25) is 0 Å². The zero-order chi connectivity index (χ0) is 22.5. The fourth-order valence-electron chi connectivity index (χ4n) is 5.38. The number of hydrogen-bond donors (Lipinski definition) is 1. The van der Waals surface area contributed by atoms with E-state index in [9.17, 15) is 5.26 Å². The molecule has 2 aromatic heterocycles. The molecule has 0 aliphatic carbocycles. The average Bonchev–Trinajstić information content (AvgIpc) is 3.55. The highest BCUT2D eigenvalue weighted by Gasteiger charge is 2.37. The van der Waals surface area contributed by atoms with Crippen LogP contribution < -0.4 is 10.2 Å². The van der Waals surface area contributed by atoms with E-state index in [1.165, 1.54) is 5.69 Å². The van der Waals surface area contributed by atoms with Gasteiger partial charge in [-0.15, -0.1) is 5.10 Å². The first-order chi connectivity index (χ1) is 16.1. The van der Waals surface area contributed by atoms with Crippen molar-refractivity contribution in [1.82, 2.24) is 14.6 Å². The number of nitrogens with zero attached hydrogens (tertiary/aromatic N) is 5. The van der Waals surface area contributed by atoms with E-state index in [0.717, 1.165) is 59.7 Å². The second-order valence-corrected chi connectivity index (χ2v) is 9.23. The summed E-state index contributed by atoms with van der Waals surface area (Å²) in [6.45, 7) is 7.93. The lowest BCUT2D eigenvalue weighted by atomic mass is 9.98. The van der Waals surface area contributed by atoms with Crippen molar-refractivity contribution in [2.24, 2.45) is 11.8 Å². The second-order valence-electron chi connectivity index (χ2n) is 9.23. The van der Waals surface area contributed by atoms with Gasteiger partial charge in [-0.1, -0.05) is 12.1 Å². The highest BCUT2D eigenvalue weighted by molar-refractivity contribution is 6.01. The molecule has 2 aliphatic rings. The quantitative estimate of drug-likeness (QED) is 0.511. The van der Waals surface area contributed by atoms with Crippen molar-refractivity contribution in [3.05, 3.63) is 65.5 Å². The fraction of sp³-hybridized carbons (Fsp3) is 0.346. The molecular formula is C26H26N6O. The normalized spacial score (nSPS) is 20.8. The van der Waals surface area contributed by atoms with Gasteiger partial charge in [-0.2, -0.15) is 5.26 Å². The molecule has 0 unspecified atom stereocenters. The smallest absolute Gasteiger partial charge is 0.161 e. The van der Waals surface area contributed by atoms with Crippen molar-refractivity contribution in [2.75, 3.05) is 36.5 Å². The van der Waals surface area contributed by atoms with Crippen LogP contribution in [-0.2, 0) is 4.74 Å². The molecule has 2 aliphatic heterocycles. The predicted molar refractivity (Wildman–Crippen MR) is 128 cm³/mol. The van der Waals surface area contributed by atoms with E-state index in [1.54, 1.807) is 6.20 Å². The molecule has 3 atom stereocenters. The average molecular weight is 439 g/mol.